The number of hydrogen-bond donors (Lipinski definition) is 0. The molecular formula is C12H12BrFN2OS. The average Bonchev–Trinajstić information content (AvgIpc) is 2.71. The minimum absolute atomic E-state index is 0.140. The van der Waals surface area contributed by atoms with Gasteiger partial charge in [0.15, 0.2) is 17.4 Å². The summed E-state index contributed by atoms with van der Waals surface area (Å²) in [7, 11) is 0. The Kier molecular flexibility index (Phi) is 3.68. The summed E-state index contributed by atoms with van der Waals surface area (Å²) >= 11 is 4.39. The first-order valence-corrected chi connectivity index (χ1v) is 6.90. The van der Waals surface area contributed by atoms with Gasteiger partial charge in [0.05, 0.1) is 0 Å². The number of hydrogen-bond acceptors (Lipinski definition) is 4. The number of aromatic nitrogens is 2. The highest BCUT2D eigenvalue weighted by Crippen LogP contribution is 2.30. The molecule has 0 N–H and O–H groups in total. The third kappa shape index (κ3) is 3.05. The van der Waals surface area contributed by atoms with Crippen LogP contribution in [-0.4, -0.2) is 9.36 Å². The van der Waals surface area contributed by atoms with Crippen molar-refractivity contribution in [2.24, 2.45) is 0 Å². The van der Waals surface area contributed by atoms with Crippen molar-refractivity contribution in [3.05, 3.63) is 34.3 Å². The van der Waals surface area contributed by atoms with Gasteiger partial charge in [0, 0.05) is 21.4 Å². The van der Waals surface area contributed by atoms with Crippen LogP contribution in [0.2, 0.25) is 0 Å². The molecule has 0 radical (unpaired) electrons. The first-order valence-electron chi connectivity index (χ1n) is 5.33. The van der Waals surface area contributed by atoms with Gasteiger partial charge in [-0.25, -0.2) is 4.39 Å². The van der Waals surface area contributed by atoms with Crippen LogP contribution in [0.4, 0.5) is 4.39 Å². The zero-order chi connectivity index (χ0) is 13.3. The van der Waals surface area contributed by atoms with E-state index in [0.29, 0.717) is 11.0 Å². The lowest BCUT2D eigenvalue weighted by atomic mass is 9.96. The second-order valence-corrected chi connectivity index (χ2v) is 6.44. The quantitative estimate of drug-likeness (QED) is 0.811. The Balaban J connectivity index is 2.24. The zero-order valence-electron chi connectivity index (χ0n) is 10.2. The van der Waals surface area contributed by atoms with Gasteiger partial charge in [0.25, 0.3) is 5.19 Å². The van der Waals surface area contributed by atoms with Gasteiger partial charge in [0.1, 0.15) is 0 Å². The standard InChI is InChI=1S/C12H12BrFN2OS/c1-12(2,3)10-15-11(18-16-10)17-9-6-7(13)4-5-8(9)14/h4-6H,1-3H3. The summed E-state index contributed by atoms with van der Waals surface area (Å²) in [6.07, 6.45) is 0. The van der Waals surface area contributed by atoms with Gasteiger partial charge in [-0.2, -0.15) is 9.36 Å². The molecule has 1 aromatic carbocycles. The Hall–Kier alpha value is -1.01. The molecule has 0 unspecified atom stereocenters. The highest BCUT2D eigenvalue weighted by molar-refractivity contribution is 9.10. The van der Waals surface area contributed by atoms with Crippen LogP contribution in [0, 0.1) is 5.82 Å². The van der Waals surface area contributed by atoms with Crippen LogP contribution in [0.5, 0.6) is 10.9 Å². The van der Waals surface area contributed by atoms with Crippen molar-refractivity contribution in [1.29, 1.82) is 0 Å². The van der Waals surface area contributed by atoms with Crippen LogP contribution in [0.1, 0.15) is 26.6 Å². The van der Waals surface area contributed by atoms with E-state index in [4.69, 9.17) is 4.74 Å². The number of halogens is 2. The Labute approximate surface area is 117 Å². The summed E-state index contributed by atoms with van der Waals surface area (Å²) in [5, 5.41) is 0.344. The smallest absolute Gasteiger partial charge is 0.298 e. The molecule has 0 atom stereocenters. The van der Waals surface area contributed by atoms with Gasteiger partial charge in [-0.15, -0.1) is 0 Å². The van der Waals surface area contributed by atoms with Gasteiger partial charge in [-0.3, -0.25) is 0 Å². The topological polar surface area (TPSA) is 35.0 Å². The number of ether oxygens (including phenoxy) is 1. The third-order valence-corrected chi connectivity index (χ3v) is 3.26. The molecule has 2 aromatic rings. The summed E-state index contributed by atoms with van der Waals surface area (Å²) in [5.41, 5.74) is -0.145. The highest BCUT2D eigenvalue weighted by Gasteiger charge is 2.20. The summed E-state index contributed by atoms with van der Waals surface area (Å²) in [5.74, 6) is 0.407. The molecule has 0 aliphatic heterocycles. The Morgan fingerprint density at radius 1 is 1.33 bits per heavy atom. The molecule has 96 valence electrons. The molecule has 0 amide bonds. The van der Waals surface area contributed by atoms with Crippen LogP contribution in [0.15, 0.2) is 22.7 Å². The van der Waals surface area contributed by atoms with Crippen molar-refractivity contribution < 1.29 is 9.13 Å². The highest BCUT2D eigenvalue weighted by atomic mass is 79.9. The van der Waals surface area contributed by atoms with Gasteiger partial charge < -0.3 is 4.74 Å². The Morgan fingerprint density at radius 3 is 2.67 bits per heavy atom. The molecule has 1 heterocycles. The summed E-state index contributed by atoms with van der Waals surface area (Å²) in [4.78, 5) is 4.25. The molecule has 0 fully saturated rings. The second kappa shape index (κ2) is 4.93. The summed E-state index contributed by atoms with van der Waals surface area (Å²) in [6.45, 7) is 6.04. The molecule has 2 rings (SSSR count). The van der Waals surface area contributed by atoms with Gasteiger partial charge in [0.2, 0.25) is 0 Å². The van der Waals surface area contributed by atoms with Gasteiger partial charge in [-0.05, 0) is 18.2 Å². The largest absolute Gasteiger partial charge is 0.427 e. The SMILES string of the molecule is CC(C)(C)c1nsc(Oc2cc(Br)ccc2F)n1. The van der Waals surface area contributed by atoms with E-state index in [1.165, 1.54) is 6.07 Å². The van der Waals surface area contributed by atoms with E-state index in [9.17, 15) is 4.39 Å². The van der Waals surface area contributed by atoms with E-state index in [-0.39, 0.29) is 11.2 Å². The van der Waals surface area contributed by atoms with Crippen LogP contribution >= 0.6 is 27.5 Å². The Morgan fingerprint density at radius 2 is 2.06 bits per heavy atom. The molecule has 0 spiro atoms. The van der Waals surface area contributed by atoms with E-state index in [0.717, 1.165) is 16.0 Å². The van der Waals surface area contributed by atoms with Crippen molar-refractivity contribution in [1.82, 2.24) is 9.36 Å². The van der Waals surface area contributed by atoms with Crippen molar-refractivity contribution in [3.63, 3.8) is 0 Å². The zero-order valence-corrected chi connectivity index (χ0v) is 12.6. The first kappa shape index (κ1) is 13.4. The normalized spacial score (nSPS) is 11.6. The van der Waals surface area contributed by atoms with E-state index < -0.39 is 5.82 Å². The molecule has 1 aromatic heterocycles. The fourth-order valence-corrected chi connectivity index (χ4v) is 2.28. The van der Waals surface area contributed by atoms with Crippen LogP contribution in [0.3, 0.4) is 0 Å². The summed E-state index contributed by atoms with van der Waals surface area (Å²) in [6, 6.07) is 4.52. The van der Waals surface area contributed by atoms with Crippen molar-refractivity contribution in [2.45, 2.75) is 26.2 Å². The van der Waals surface area contributed by atoms with Crippen molar-refractivity contribution in [2.75, 3.05) is 0 Å². The lowest BCUT2D eigenvalue weighted by Gasteiger charge is -2.12. The minimum atomic E-state index is -0.425. The maximum atomic E-state index is 13.5. The first-order chi connectivity index (χ1) is 8.36. The number of benzene rings is 1. The monoisotopic (exact) mass is 330 g/mol. The molecule has 0 saturated carbocycles. The van der Waals surface area contributed by atoms with Crippen molar-refractivity contribution >= 4 is 27.5 Å². The van der Waals surface area contributed by atoms with E-state index in [1.807, 2.05) is 20.8 Å². The Bertz CT molecular complexity index is 565. The molecule has 18 heavy (non-hydrogen) atoms. The van der Waals surface area contributed by atoms with Gasteiger partial charge in [-0.1, -0.05) is 36.7 Å². The molecule has 0 saturated heterocycles. The molecule has 0 aliphatic carbocycles. The van der Waals surface area contributed by atoms with Gasteiger partial charge >= 0.3 is 0 Å². The molecular weight excluding hydrogens is 319 g/mol. The molecule has 3 nitrogen and oxygen atoms in total. The maximum Gasteiger partial charge on any atom is 0.298 e. The minimum Gasteiger partial charge on any atom is -0.427 e. The van der Waals surface area contributed by atoms with Crippen LogP contribution in [0.25, 0.3) is 0 Å². The van der Waals surface area contributed by atoms with Crippen LogP contribution in [-0.2, 0) is 5.41 Å². The van der Waals surface area contributed by atoms with Crippen LogP contribution < -0.4 is 4.74 Å². The predicted molar refractivity (Wildman–Crippen MR) is 72.8 cm³/mol. The van der Waals surface area contributed by atoms with E-state index in [1.54, 1.807) is 12.1 Å². The molecule has 0 bridgehead atoms. The molecule has 6 heteroatoms. The van der Waals surface area contributed by atoms with E-state index >= 15 is 0 Å². The fraction of sp³-hybridized carbons (Fsp3) is 0.333. The maximum absolute atomic E-state index is 13.5. The lowest BCUT2D eigenvalue weighted by molar-refractivity contribution is 0.433. The number of nitrogens with zero attached hydrogens (tertiary/aromatic N) is 2. The molecule has 0 aliphatic rings. The average molecular weight is 331 g/mol. The lowest BCUT2D eigenvalue weighted by Crippen LogP contribution is -2.12. The fourth-order valence-electron chi connectivity index (χ4n) is 1.21. The van der Waals surface area contributed by atoms with E-state index in [2.05, 4.69) is 25.3 Å². The predicted octanol–water partition coefficient (Wildman–Crippen LogP) is 4.53. The summed E-state index contributed by atoms with van der Waals surface area (Å²) < 4.78 is 23.9. The third-order valence-electron chi connectivity index (χ3n) is 2.17. The second-order valence-electron chi connectivity index (χ2n) is 4.81. The van der Waals surface area contributed by atoms with Crippen molar-refractivity contribution in [3.8, 4) is 10.9 Å². The number of rotatable bonds is 2.